The van der Waals surface area contributed by atoms with E-state index in [4.69, 9.17) is 6.42 Å². The molecule has 0 amide bonds. The number of rotatable bonds is 5. The molecule has 0 saturated heterocycles. The third kappa shape index (κ3) is 17.8. The van der Waals surface area contributed by atoms with Crippen molar-refractivity contribution in [2.45, 2.75) is 59.3 Å². The van der Waals surface area contributed by atoms with Crippen LogP contribution in [0.15, 0.2) is 10.6 Å². The van der Waals surface area contributed by atoms with E-state index in [-0.39, 0.29) is 0 Å². The van der Waals surface area contributed by atoms with Gasteiger partial charge >= 0.3 is 0 Å². The molecule has 0 heterocycles. The fourth-order valence-corrected chi connectivity index (χ4v) is 1.05. The predicted molar refractivity (Wildman–Crippen MR) is 70.6 cm³/mol. The summed E-state index contributed by atoms with van der Waals surface area (Å²) in [5, 5.41) is 0. The van der Waals surface area contributed by atoms with E-state index in [1.165, 1.54) is 36.6 Å². The van der Waals surface area contributed by atoms with Gasteiger partial charge in [-0.1, -0.05) is 48.7 Å². The average molecular weight is 259 g/mol. The summed E-state index contributed by atoms with van der Waals surface area (Å²) in [6, 6.07) is 0. The van der Waals surface area contributed by atoms with Crippen molar-refractivity contribution in [3.63, 3.8) is 0 Å². The Balaban J connectivity index is 0. The summed E-state index contributed by atoms with van der Waals surface area (Å²) in [6.07, 6.45) is 14.2. The third-order valence-electron chi connectivity index (χ3n) is 1.76. The molecule has 0 atom stereocenters. The van der Waals surface area contributed by atoms with Crippen LogP contribution in [0.3, 0.4) is 0 Å². The minimum Gasteiger partial charge on any atom is -0.120 e. The van der Waals surface area contributed by atoms with Gasteiger partial charge in [0.15, 0.2) is 0 Å². The molecule has 0 radical (unpaired) electrons. The zero-order valence-corrected chi connectivity index (χ0v) is 11.4. The molecule has 0 bridgehead atoms. The first-order valence-electron chi connectivity index (χ1n) is 5.47. The molecule has 0 aromatic carbocycles. The van der Waals surface area contributed by atoms with Crippen LogP contribution < -0.4 is 0 Å². The van der Waals surface area contributed by atoms with Gasteiger partial charge in [0, 0.05) is 6.42 Å². The Hall–Kier alpha value is -0.220. The molecule has 0 aliphatic rings. The largest absolute Gasteiger partial charge is 0.120 e. The van der Waals surface area contributed by atoms with Crippen LogP contribution in [0.1, 0.15) is 59.3 Å². The SMILES string of the molecule is C#CCCCC.C/C=C(\Br)CCCC. The smallest absolute Gasteiger partial charge is 0.00859 e. The highest BCUT2D eigenvalue weighted by Crippen LogP contribution is 2.12. The molecule has 0 rings (SSSR count). The molecule has 0 saturated carbocycles. The number of allylic oxidation sites excluding steroid dienone is 2. The third-order valence-corrected chi connectivity index (χ3v) is 2.61. The van der Waals surface area contributed by atoms with E-state index in [2.05, 4.69) is 48.7 Å². The monoisotopic (exact) mass is 258 g/mol. The van der Waals surface area contributed by atoms with E-state index < -0.39 is 0 Å². The summed E-state index contributed by atoms with van der Waals surface area (Å²) in [4.78, 5) is 0. The molecule has 0 aromatic heterocycles. The Bertz CT molecular complexity index is 163. The Kier molecular flexibility index (Phi) is 17.7. The molecule has 0 N–H and O–H groups in total. The van der Waals surface area contributed by atoms with Crippen LogP contribution in [0, 0.1) is 12.3 Å². The molecule has 0 unspecified atom stereocenters. The Morgan fingerprint density at radius 1 is 1.29 bits per heavy atom. The number of terminal acetylenes is 1. The predicted octanol–water partition coefficient (Wildman–Crippen LogP) is 5.29. The molecular formula is C13H23Br. The molecule has 1 heteroatoms. The highest BCUT2D eigenvalue weighted by molar-refractivity contribution is 9.11. The topological polar surface area (TPSA) is 0 Å². The Labute approximate surface area is 98.3 Å². The minimum atomic E-state index is 0.941. The molecule has 0 nitrogen and oxygen atoms in total. The van der Waals surface area contributed by atoms with E-state index in [0.29, 0.717) is 0 Å². The highest BCUT2D eigenvalue weighted by Gasteiger charge is 1.85. The van der Waals surface area contributed by atoms with Crippen molar-refractivity contribution in [3.8, 4) is 12.3 Å². The van der Waals surface area contributed by atoms with Crippen LogP contribution in [0.5, 0.6) is 0 Å². The molecule has 0 fully saturated rings. The summed E-state index contributed by atoms with van der Waals surface area (Å²) in [5.74, 6) is 2.57. The molecule has 14 heavy (non-hydrogen) atoms. The van der Waals surface area contributed by atoms with Crippen LogP contribution in [-0.2, 0) is 0 Å². The van der Waals surface area contributed by atoms with E-state index in [9.17, 15) is 0 Å². The van der Waals surface area contributed by atoms with Crippen LogP contribution in [0.2, 0.25) is 0 Å². The second kappa shape index (κ2) is 15.3. The first-order chi connectivity index (χ1) is 6.72. The molecule has 0 aromatic rings. The van der Waals surface area contributed by atoms with Crippen LogP contribution >= 0.6 is 15.9 Å². The van der Waals surface area contributed by atoms with Crippen LogP contribution in [0.25, 0.3) is 0 Å². The quantitative estimate of drug-likeness (QED) is 0.465. The summed E-state index contributed by atoms with van der Waals surface area (Å²) in [5.41, 5.74) is 0. The zero-order chi connectivity index (χ0) is 11.2. The number of hydrogen-bond donors (Lipinski definition) is 0. The summed E-state index contributed by atoms with van der Waals surface area (Å²) in [6.45, 7) is 6.40. The van der Waals surface area contributed by atoms with E-state index in [1.807, 2.05) is 0 Å². The molecule has 0 aliphatic carbocycles. The van der Waals surface area contributed by atoms with Gasteiger partial charge in [-0.2, -0.15) is 0 Å². The fourth-order valence-electron chi connectivity index (χ4n) is 0.769. The van der Waals surface area contributed by atoms with Gasteiger partial charge in [0.2, 0.25) is 0 Å². The average Bonchev–Trinajstić information content (AvgIpc) is 2.23. The van der Waals surface area contributed by atoms with Crippen molar-refractivity contribution in [1.82, 2.24) is 0 Å². The number of unbranched alkanes of at least 4 members (excludes halogenated alkanes) is 3. The van der Waals surface area contributed by atoms with Gasteiger partial charge in [-0.3, -0.25) is 0 Å². The molecule has 0 spiro atoms. The Morgan fingerprint density at radius 2 is 1.86 bits per heavy atom. The second-order valence-corrected chi connectivity index (χ2v) is 4.17. The molecule has 0 aliphatic heterocycles. The van der Waals surface area contributed by atoms with Gasteiger partial charge in [-0.05, 0) is 30.7 Å². The van der Waals surface area contributed by atoms with E-state index in [1.54, 1.807) is 0 Å². The minimum absolute atomic E-state index is 0.941. The van der Waals surface area contributed by atoms with Gasteiger partial charge in [-0.25, -0.2) is 0 Å². The first kappa shape index (κ1) is 16.2. The molecule has 82 valence electrons. The lowest BCUT2D eigenvalue weighted by Gasteiger charge is -1.92. The maximum atomic E-state index is 4.96. The van der Waals surface area contributed by atoms with Crippen molar-refractivity contribution in [1.29, 1.82) is 0 Å². The maximum absolute atomic E-state index is 4.96. The lowest BCUT2D eigenvalue weighted by Crippen LogP contribution is -1.70. The van der Waals surface area contributed by atoms with Crippen LogP contribution in [0.4, 0.5) is 0 Å². The summed E-state index contributed by atoms with van der Waals surface area (Å²) >= 11 is 3.44. The maximum Gasteiger partial charge on any atom is 0.00859 e. The zero-order valence-electron chi connectivity index (χ0n) is 9.78. The van der Waals surface area contributed by atoms with Crippen molar-refractivity contribution in [3.05, 3.63) is 10.6 Å². The van der Waals surface area contributed by atoms with E-state index in [0.717, 1.165) is 6.42 Å². The van der Waals surface area contributed by atoms with Crippen molar-refractivity contribution < 1.29 is 0 Å². The van der Waals surface area contributed by atoms with Gasteiger partial charge in [0.1, 0.15) is 0 Å². The van der Waals surface area contributed by atoms with Crippen molar-refractivity contribution in [2.75, 3.05) is 0 Å². The summed E-state index contributed by atoms with van der Waals surface area (Å²) in [7, 11) is 0. The number of hydrogen-bond acceptors (Lipinski definition) is 0. The lowest BCUT2D eigenvalue weighted by atomic mass is 10.2. The lowest BCUT2D eigenvalue weighted by molar-refractivity contribution is 0.809. The van der Waals surface area contributed by atoms with E-state index >= 15 is 0 Å². The second-order valence-electron chi connectivity index (χ2n) is 3.15. The van der Waals surface area contributed by atoms with Gasteiger partial charge in [-0.15, -0.1) is 12.3 Å². The van der Waals surface area contributed by atoms with Gasteiger partial charge < -0.3 is 0 Å². The standard InChI is InChI=1S/C7H13Br.C6H10/c1-3-5-6-7(8)4-2;1-3-5-6-4-2/h4H,3,5-6H2,1-2H3;1H,4-6H2,2H3/b7-4-;. The molecular weight excluding hydrogens is 236 g/mol. The summed E-state index contributed by atoms with van der Waals surface area (Å²) < 4.78 is 1.33. The van der Waals surface area contributed by atoms with Crippen molar-refractivity contribution >= 4 is 15.9 Å². The Morgan fingerprint density at radius 3 is 2.14 bits per heavy atom. The highest BCUT2D eigenvalue weighted by atomic mass is 79.9. The van der Waals surface area contributed by atoms with Crippen LogP contribution in [-0.4, -0.2) is 0 Å². The van der Waals surface area contributed by atoms with Crippen molar-refractivity contribution in [2.24, 2.45) is 0 Å². The fraction of sp³-hybridized carbons (Fsp3) is 0.692. The first-order valence-corrected chi connectivity index (χ1v) is 6.26. The normalized spacial score (nSPS) is 10.1. The number of halogens is 1. The van der Waals surface area contributed by atoms with Gasteiger partial charge in [0.05, 0.1) is 0 Å². The van der Waals surface area contributed by atoms with Gasteiger partial charge in [0.25, 0.3) is 0 Å².